The van der Waals surface area contributed by atoms with Crippen LogP contribution in [0, 0.1) is 6.92 Å². The lowest BCUT2D eigenvalue weighted by Gasteiger charge is -2.29. The van der Waals surface area contributed by atoms with Crippen molar-refractivity contribution in [1.29, 1.82) is 0 Å². The van der Waals surface area contributed by atoms with Gasteiger partial charge in [-0.25, -0.2) is 0 Å². The molecule has 2 aromatic carbocycles. The van der Waals surface area contributed by atoms with Crippen molar-refractivity contribution in [2.24, 2.45) is 0 Å². The van der Waals surface area contributed by atoms with Crippen LogP contribution in [-0.4, -0.2) is 21.8 Å². The van der Waals surface area contributed by atoms with Gasteiger partial charge in [0.25, 0.3) is 0 Å². The lowest BCUT2D eigenvalue weighted by molar-refractivity contribution is 0.415. The highest BCUT2D eigenvalue weighted by atomic mass is 35.5. The monoisotopic (exact) mass is 474 g/mol. The van der Waals surface area contributed by atoms with E-state index in [9.17, 15) is 0 Å². The SMILES string of the molecule is COc1ccc(N2C(=S)NC(c3ccccn3)C2c2cccn2-c2cccc(C)c2)cc1Cl. The summed E-state index contributed by atoms with van der Waals surface area (Å²) in [6.07, 6.45) is 3.89. The molecule has 1 saturated heterocycles. The lowest BCUT2D eigenvalue weighted by Crippen LogP contribution is -2.30. The van der Waals surface area contributed by atoms with E-state index in [0.29, 0.717) is 15.9 Å². The van der Waals surface area contributed by atoms with E-state index in [2.05, 4.69) is 69.3 Å². The highest BCUT2D eigenvalue weighted by Gasteiger charge is 2.42. The molecule has 0 bridgehead atoms. The molecule has 2 atom stereocenters. The number of aryl methyl sites for hydroxylation is 1. The first-order valence-electron chi connectivity index (χ1n) is 10.7. The number of nitrogens with one attached hydrogen (secondary N) is 1. The van der Waals surface area contributed by atoms with Crippen LogP contribution in [0.4, 0.5) is 5.69 Å². The molecule has 3 heterocycles. The summed E-state index contributed by atoms with van der Waals surface area (Å²) >= 11 is 12.3. The minimum Gasteiger partial charge on any atom is -0.495 e. The number of ether oxygens (including phenoxy) is 1. The summed E-state index contributed by atoms with van der Waals surface area (Å²) in [5.41, 5.74) is 5.20. The fraction of sp³-hybridized carbons (Fsp3) is 0.154. The average molecular weight is 475 g/mol. The van der Waals surface area contributed by atoms with Gasteiger partial charge in [0.15, 0.2) is 5.11 Å². The Morgan fingerprint density at radius 3 is 2.61 bits per heavy atom. The zero-order valence-electron chi connectivity index (χ0n) is 18.3. The van der Waals surface area contributed by atoms with Crippen molar-refractivity contribution in [3.05, 3.63) is 107 Å². The molecule has 2 aromatic heterocycles. The van der Waals surface area contributed by atoms with Crippen LogP contribution in [0.2, 0.25) is 5.02 Å². The number of hydrogen-bond donors (Lipinski definition) is 1. The number of halogens is 1. The number of methoxy groups -OCH3 is 1. The quantitative estimate of drug-likeness (QED) is 0.358. The van der Waals surface area contributed by atoms with Crippen molar-refractivity contribution in [2.45, 2.75) is 19.0 Å². The molecule has 33 heavy (non-hydrogen) atoms. The van der Waals surface area contributed by atoms with Crippen LogP contribution in [0.3, 0.4) is 0 Å². The molecule has 166 valence electrons. The molecule has 2 unspecified atom stereocenters. The molecule has 0 spiro atoms. The largest absolute Gasteiger partial charge is 0.495 e. The Kier molecular flexibility index (Phi) is 5.79. The predicted molar refractivity (Wildman–Crippen MR) is 136 cm³/mol. The normalized spacial score (nSPS) is 17.8. The van der Waals surface area contributed by atoms with E-state index in [1.165, 1.54) is 5.56 Å². The predicted octanol–water partition coefficient (Wildman–Crippen LogP) is 6.02. The Labute approximate surface area is 203 Å². The Balaban J connectivity index is 1.67. The Morgan fingerprint density at radius 1 is 1.00 bits per heavy atom. The zero-order valence-corrected chi connectivity index (χ0v) is 19.8. The average Bonchev–Trinajstić information content (AvgIpc) is 3.44. The second-order valence-corrected chi connectivity index (χ2v) is 8.75. The van der Waals surface area contributed by atoms with E-state index >= 15 is 0 Å². The molecule has 0 amide bonds. The minimum atomic E-state index is -0.146. The maximum Gasteiger partial charge on any atom is 0.174 e. The van der Waals surface area contributed by atoms with E-state index in [-0.39, 0.29) is 12.1 Å². The third-order valence-corrected chi connectivity index (χ3v) is 6.48. The summed E-state index contributed by atoms with van der Waals surface area (Å²) in [6.45, 7) is 2.10. The van der Waals surface area contributed by atoms with Crippen LogP contribution in [0.1, 0.15) is 29.0 Å². The molecular formula is C26H23ClN4OS. The van der Waals surface area contributed by atoms with Crippen molar-refractivity contribution < 1.29 is 4.74 Å². The number of pyridine rings is 1. The molecule has 0 radical (unpaired) electrons. The van der Waals surface area contributed by atoms with Crippen LogP contribution < -0.4 is 15.0 Å². The van der Waals surface area contributed by atoms with E-state index in [4.69, 9.17) is 28.6 Å². The van der Waals surface area contributed by atoms with Gasteiger partial charge in [-0.15, -0.1) is 0 Å². The maximum atomic E-state index is 6.49. The first-order valence-corrected chi connectivity index (χ1v) is 11.4. The van der Waals surface area contributed by atoms with Gasteiger partial charge in [-0.05, 0) is 79.3 Å². The molecule has 5 nitrogen and oxygen atoms in total. The van der Waals surface area contributed by atoms with Crippen molar-refractivity contribution >= 4 is 34.6 Å². The topological polar surface area (TPSA) is 42.3 Å². The Bertz CT molecular complexity index is 1310. The third kappa shape index (κ3) is 3.96. The van der Waals surface area contributed by atoms with Crippen molar-refractivity contribution in [2.75, 3.05) is 12.0 Å². The highest BCUT2D eigenvalue weighted by molar-refractivity contribution is 7.80. The summed E-state index contributed by atoms with van der Waals surface area (Å²) in [5, 5.41) is 4.66. The summed E-state index contributed by atoms with van der Waals surface area (Å²) in [6, 6.07) is 24.0. The molecule has 1 aliphatic rings. The van der Waals surface area contributed by atoms with Crippen LogP contribution in [0.25, 0.3) is 5.69 Å². The summed E-state index contributed by atoms with van der Waals surface area (Å²) in [4.78, 5) is 6.75. The van der Waals surface area contributed by atoms with E-state index in [1.807, 2.05) is 42.6 Å². The number of rotatable bonds is 5. The Morgan fingerprint density at radius 2 is 1.88 bits per heavy atom. The second kappa shape index (κ2) is 8.89. The molecule has 1 fully saturated rings. The molecule has 1 N–H and O–H groups in total. The summed E-state index contributed by atoms with van der Waals surface area (Å²) in [7, 11) is 1.61. The first kappa shape index (κ1) is 21.5. The van der Waals surface area contributed by atoms with Gasteiger partial charge in [-0.3, -0.25) is 4.98 Å². The van der Waals surface area contributed by atoms with E-state index in [1.54, 1.807) is 7.11 Å². The van der Waals surface area contributed by atoms with Crippen LogP contribution >= 0.6 is 23.8 Å². The smallest absolute Gasteiger partial charge is 0.174 e. The second-order valence-electron chi connectivity index (χ2n) is 7.96. The number of nitrogens with zero attached hydrogens (tertiary/aromatic N) is 3. The molecule has 0 aliphatic carbocycles. The highest BCUT2D eigenvalue weighted by Crippen LogP contribution is 2.43. The first-order chi connectivity index (χ1) is 16.1. The van der Waals surface area contributed by atoms with E-state index in [0.717, 1.165) is 22.8 Å². The van der Waals surface area contributed by atoms with Crippen LogP contribution in [-0.2, 0) is 0 Å². The van der Waals surface area contributed by atoms with Crippen LogP contribution in [0.5, 0.6) is 5.75 Å². The van der Waals surface area contributed by atoms with Gasteiger partial charge < -0.3 is 19.5 Å². The van der Waals surface area contributed by atoms with Gasteiger partial charge in [0.05, 0.1) is 23.9 Å². The molecule has 7 heteroatoms. The van der Waals surface area contributed by atoms with Gasteiger partial charge in [0.1, 0.15) is 11.8 Å². The molecule has 0 saturated carbocycles. The zero-order chi connectivity index (χ0) is 22.9. The van der Waals surface area contributed by atoms with Crippen molar-refractivity contribution in [1.82, 2.24) is 14.9 Å². The maximum absolute atomic E-state index is 6.49. The van der Waals surface area contributed by atoms with Gasteiger partial charge in [-0.2, -0.15) is 0 Å². The summed E-state index contributed by atoms with van der Waals surface area (Å²) < 4.78 is 7.56. The Hall–Kier alpha value is -3.35. The lowest BCUT2D eigenvalue weighted by atomic mass is 10.0. The van der Waals surface area contributed by atoms with Crippen molar-refractivity contribution in [3.8, 4) is 11.4 Å². The van der Waals surface area contributed by atoms with Crippen LogP contribution in [0.15, 0.2) is 85.2 Å². The van der Waals surface area contributed by atoms with Gasteiger partial charge >= 0.3 is 0 Å². The molecular weight excluding hydrogens is 452 g/mol. The number of hydrogen-bond acceptors (Lipinski definition) is 3. The number of aromatic nitrogens is 2. The molecule has 5 rings (SSSR count). The third-order valence-electron chi connectivity index (χ3n) is 5.87. The fourth-order valence-corrected chi connectivity index (χ4v) is 4.98. The summed E-state index contributed by atoms with van der Waals surface area (Å²) in [5.74, 6) is 0.624. The number of anilines is 1. The van der Waals surface area contributed by atoms with Gasteiger partial charge in [0, 0.05) is 29.5 Å². The van der Waals surface area contributed by atoms with Gasteiger partial charge in [0.2, 0.25) is 0 Å². The molecule has 4 aromatic rings. The van der Waals surface area contributed by atoms with Gasteiger partial charge in [-0.1, -0.05) is 29.8 Å². The standard InChI is InChI=1S/C26H23ClN4OS/c1-17-7-5-8-18(15-17)30-14-6-10-22(30)25-24(21-9-3-4-13-28-21)29-26(33)31(25)19-11-12-23(32-2)20(27)16-19/h3-16,24-25H,1-2H3,(H,29,33). The number of thiocarbonyl (C=S) groups is 1. The number of benzene rings is 2. The molecule has 1 aliphatic heterocycles. The van der Waals surface area contributed by atoms with Crippen molar-refractivity contribution in [3.63, 3.8) is 0 Å². The minimum absolute atomic E-state index is 0.141. The van der Waals surface area contributed by atoms with E-state index < -0.39 is 0 Å². The fourth-order valence-electron chi connectivity index (χ4n) is 4.39.